The number of hydrogen-bond donors (Lipinski definition) is 3. The van der Waals surface area contributed by atoms with E-state index < -0.39 is 0 Å². The van der Waals surface area contributed by atoms with Gasteiger partial charge in [0.2, 0.25) is 11.8 Å². The van der Waals surface area contributed by atoms with Crippen molar-refractivity contribution in [3.8, 4) is 0 Å². The van der Waals surface area contributed by atoms with Crippen LogP contribution in [0.15, 0.2) is 0 Å². The second-order valence-corrected chi connectivity index (χ2v) is 7.18. The van der Waals surface area contributed by atoms with E-state index in [1.54, 1.807) is 4.90 Å². The molecule has 3 atom stereocenters. The summed E-state index contributed by atoms with van der Waals surface area (Å²) < 4.78 is 5.91. The standard InChI is InChI=1S/C17H31N3O4/c1-20(2)10-16(22)19-14-7-6-13(24-15(14)11-21)8-9-18-17(23)12-4-3-5-12/h12-15,21H,3-11H2,1-2H3,(H,18,23)(H,19,22)/t13-,14+,15+/m0/s1. The molecule has 1 aliphatic heterocycles. The summed E-state index contributed by atoms with van der Waals surface area (Å²) in [6, 6.07) is -0.150. The van der Waals surface area contributed by atoms with Gasteiger partial charge in [0, 0.05) is 12.5 Å². The zero-order chi connectivity index (χ0) is 17.5. The lowest BCUT2D eigenvalue weighted by Crippen LogP contribution is -2.52. The lowest BCUT2D eigenvalue weighted by molar-refractivity contribution is -0.130. The maximum Gasteiger partial charge on any atom is 0.234 e. The van der Waals surface area contributed by atoms with Crippen LogP contribution in [0.25, 0.3) is 0 Å². The van der Waals surface area contributed by atoms with E-state index in [-0.39, 0.29) is 42.6 Å². The molecule has 0 spiro atoms. The SMILES string of the molecule is CN(C)CC(=O)N[C@@H]1CC[C@@H](CCNC(=O)C2CCC2)O[C@@H]1CO. The first-order valence-corrected chi connectivity index (χ1v) is 8.97. The molecule has 1 saturated carbocycles. The zero-order valence-electron chi connectivity index (χ0n) is 14.8. The molecule has 3 N–H and O–H groups in total. The monoisotopic (exact) mass is 341 g/mol. The maximum absolute atomic E-state index is 11.9. The number of likely N-dealkylation sites (N-methyl/N-ethyl adjacent to an activating group) is 1. The molecule has 2 amide bonds. The Bertz CT molecular complexity index is 426. The average Bonchev–Trinajstić information content (AvgIpc) is 2.45. The minimum Gasteiger partial charge on any atom is -0.394 e. The summed E-state index contributed by atoms with van der Waals surface area (Å²) in [7, 11) is 3.68. The first-order chi connectivity index (χ1) is 11.5. The van der Waals surface area contributed by atoms with Crippen molar-refractivity contribution in [3.63, 3.8) is 0 Å². The van der Waals surface area contributed by atoms with Gasteiger partial charge >= 0.3 is 0 Å². The van der Waals surface area contributed by atoms with Crippen molar-refractivity contribution in [2.45, 2.75) is 56.8 Å². The molecule has 0 bridgehead atoms. The van der Waals surface area contributed by atoms with Crippen LogP contribution in [0.5, 0.6) is 0 Å². The lowest BCUT2D eigenvalue weighted by atomic mass is 9.85. The zero-order valence-corrected chi connectivity index (χ0v) is 14.8. The topological polar surface area (TPSA) is 90.9 Å². The highest BCUT2D eigenvalue weighted by molar-refractivity contribution is 5.79. The third-order valence-corrected chi connectivity index (χ3v) is 4.84. The minimum atomic E-state index is -0.378. The molecule has 2 rings (SSSR count). The molecule has 0 unspecified atom stereocenters. The van der Waals surface area contributed by atoms with Crippen molar-refractivity contribution < 1.29 is 19.4 Å². The number of hydrogen-bond acceptors (Lipinski definition) is 5. The fourth-order valence-electron chi connectivity index (χ4n) is 3.22. The fraction of sp³-hybridized carbons (Fsp3) is 0.882. The van der Waals surface area contributed by atoms with Gasteiger partial charge in [-0.05, 0) is 46.2 Å². The summed E-state index contributed by atoms with van der Waals surface area (Å²) in [6.45, 7) is 0.818. The first kappa shape index (κ1) is 19.1. The molecule has 0 aromatic rings. The summed E-state index contributed by atoms with van der Waals surface area (Å²) in [5.41, 5.74) is 0. The van der Waals surface area contributed by atoms with Crippen molar-refractivity contribution in [2.75, 3.05) is 33.8 Å². The Morgan fingerprint density at radius 1 is 1.21 bits per heavy atom. The van der Waals surface area contributed by atoms with Crippen LogP contribution >= 0.6 is 0 Å². The Balaban J connectivity index is 1.69. The van der Waals surface area contributed by atoms with Crippen LogP contribution < -0.4 is 10.6 Å². The number of carbonyl (C=O) groups is 2. The average molecular weight is 341 g/mol. The third-order valence-electron chi connectivity index (χ3n) is 4.84. The van der Waals surface area contributed by atoms with Crippen molar-refractivity contribution in [2.24, 2.45) is 5.92 Å². The summed E-state index contributed by atoms with van der Waals surface area (Å²) in [5.74, 6) is 0.307. The Kier molecular flexibility index (Phi) is 7.45. The second kappa shape index (κ2) is 9.34. The molecule has 0 aromatic carbocycles. The second-order valence-electron chi connectivity index (χ2n) is 7.18. The molecule has 1 aliphatic carbocycles. The first-order valence-electron chi connectivity index (χ1n) is 8.97. The predicted molar refractivity (Wildman–Crippen MR) is 90.4 cm³/mol. The van der Waals surface area contributed by atoms with Crippen LogP contribution in [-0.4, -0.2) is 73.9 Å². The molecule has 1 heterocycles. The van der Waals surface area contributed by atoms with E-state index in [4.69, 9.17) is 4.74 Å². The Labute approximate surface area is 144 Å². The van der Waals surface area contributed by atoms with Gasteiger partial charge in [-0.2, -0.15) is 0 Å². The predicted octanol–water partition coefficient (Wildman–Crippen LogP) is -0.121. The van der Waals surface area contributed by atoms with Gasteiger partial charge in [-0.15, -0.1) is 0 Å². The van der Waals surface area contributed by atoms with Crippen molar-refractivity contribution >= 4 is 11.8 Å². The summed E-state index contributed by atoms with van der Waals surface area (Å²) in [4.78, 5) is 25.5. The minimum absolute atomic E-state index is 0.0193. The number of ether oxygens (including phenoxy) is 1. The van der Waals surface area contributed by atoms with Crippen LogP contribution in [0, 0.1) is 5.92 Å². The normalized spacial score (nSPS) is 27.6. The van der Waals surface area contributed by atoms with Crippen molar-refractivity contribution in [1.82, 2.24) is 15.5 Å². The van der Waals surface area contributed by atoms with Crippen molar-refractivity contribution in [1.29, 1.82) is 0 Å². The number of aliphatic hydroxyl groups excluding tert-OH is 1. The Morgan fingerprint density at radius 2 is 1.96 bits per heavy atom. The molecule has 1 saturated heterocycles. The highest BCUT2D eigenvalue weighted by atomic mass is 16.5. The molecule has 2 fully saturated rings. The maximum atomic E-state index is 11.9. The van der Waals surface area contributed by atoms with Crippen LogP contribution in [0.4, 0.5) is 0 Å². The highest BCUT2D eigenvalue weighted by Crippen LogP contribution is 2.26. The molecule has 138 valence electrons. The number of nitrogens with one attached hydrogen (secondary N) is 2. The van der Waals surface area contributed by atoms with E-state index >= 15 is 0 Å². The van der Waals surface area contributed by atoms with E-state index in [2.05, 4.69) is 10.6 Å². The summed E-state index contributed by atoms with van der Waals surface area (Å²) >= 11 is 0. The van der Waals surface area contributed by atoms with Crippen molar-refractivity contribution in [3.05, 3.63) is 0 Å². The van der Waals surface area contributed by atoms with Crippen LogP contribution in [0.1, 0.15) is 38.5 Å². The quantitative estimate of drug-likeness (QED) is 0.573. The fourth-order valence-corrected chi connectivity index (χ4v) is 3.22. The lowest BCUT2D eigenvalue weighted by Gasteiger charge is -2.36. The van der Waals surface area contributed by atoms with Gasteiger partial charge in [0.05, 0.1) is 25.3 Å². The molecule has 7 heteroatoms. The number of amides is 2. The Hall–Kier alpha value is -1.18. The summed E-state index contributed by atoms with van der Waals surface area (Å²) in [6.07, 6.45) is 5.16. The molecule has 7 nitrogen and oxygen atoms in total. The van der Waals surface area contributed by atoms with E-state index in [1.807, 2.05) is 14.1 Å². The molecular weight excluding hydrogens is 310 g/mol. The van der Waals surface area contributed by atoms with Gasteiger partial charge in [-0.1, -0.05) is 6.42 Å². The van der Waals surface area contributed by atoms with Gasteiger partial charge in [0.1, 0.15) is 6.10 Å². The number of rotatable bonds is 8. The van der Waals surface area contributed by atoms with E-state index in [0.717, 1.165) is 38.5 Å². The van der Waals surface area contributed by atoms with Gasteiger partial charge in [-0.25, -0.2) is 0 Å². The third kappa shape index (κ3) is 5.72. The van der Waals surface area contributed by atoms with Crippen LogP contribution in [0.2, 0.25) is 0 Å². The molecule has 0 aromatic heterocycles. The van der Waals surface area contributed by atoms with E-state index in [0.29, 0.717) is 13.1 Å². The van der Waals surface area contributed by atoms with Gasteiger partial charge in [-0.3, -0.25) is 9.59 Å². The highest BCUT2D eigenvalue weighted by Gasteiger charge is 2.32. The molecule has 2 aliphatic rings. The molecule has 0 radical (unpaired) electrons. The van der Waals surface area contributed by atoms with Gasteiger partial charge in [0.15, 0.2) is 0 Å². The van der Waals surface area contributed by atoms with E-state index in [1.165, 1.54) is 0 Å². The smallest absolute Gasteiger partial charge is 0.234 e. The molecule has 24 heavy (non-hydrogen) atoms. The van der Waals surface area contributed by atoms with Gasteiger partial charge in [0.25, 0.3) is 0 Å². The largest absolute Gasteiger partial charge is 0.394 e. The number of carbonyl (C=O) groups excluding carboxylic acids is 2. The van der Waals surface area contributed by atoms with Crippen LogP contribution in [0.3, 0.4) is 0 Å². The van der Waals surface area contributed by atoms with E-state index in [9.17, 15) is 14.7 Å². The number of nitrogens with zero attached hydrogens (tertiary/aromatic N) is 1. The Morgan fingerprint density at radius 3 is 2.54 bits per heavy atom. The summed E-state index contributed by atoms with van der Waals surface area (Å²) in [5, 5.41) is 15.5. The van der Waals surface area contributed by atoms with Crippen LogP contribution in [-0.2, 0) is 14.3 Å². The number of aliphatic hydroxyl groups is 1. The molecular formula is C17H31N3O4. The van der Waals surface area contributed by atoms with Gasteiger partial charge < -0.3 is 25.4 Å².